The van der Waals surface area contributed by atoms with Crippen molar-refractivity contribution in [3.8, 4) is 5.69 Å². The third kappa shape index (κ3) is 2.76. The van der Waals surface area contributed by atoms with Gasteiger partial charge in [-0.15, -0.1) is 0 Å². The van der Waals surface area contributed by atoms with Gasteiger partial charge in [-0.3, -0.25) is 9.36 Å². The van der Waals surface area contributed by atoms with Gasteiger partial charge in [0.15, 0.2) is 10.8 Å². The van der Waals surface area contributed by atoms with Crippen LogP contribution in [0.3, 0.4) is 0 Å². The van der Waals surface area contributed by atoms with E-state index in [-0.39, 0.29) is 10.7 Å². The first-order valence-corrected chi connectivity index (χ1v) is 8.89. The number of hydrogen-bond donors (Lipinski definition) is 1. The molecule has 0 saturated heterocycles. The fraction of sp³-hybridized carbons (Fsp3) is 0.333. The van der Waals surface area contributed by atoms with Gasteiger partial charge in [-0.1, -0.05) is 23.7 Å². The minimum Gasteiger partial charge on any atom is -0.351 e. The number of fused-ring (bicyclic) bond motifs is 1. The van der Waals surface area contributed by atoms with Crippen LogP contribution >= 0.6 is 11.6 Å². The van der Waals surface area contributed by atoms with Gasteiger partial charge >= 0.3 is 0 Å². The highest BCUT2D eigenvalue weighted by atomic mass is 35.5. The number of anilines is 1. The minimum atomic E-state index is -0.371. The first-order chi connectivity index (χ1) is 12.2. The quantitative estimate of drug-likeness (QED) is 0.779. The van der Waals surface area contributed by atoms with Crippen molar-refractivity contribution in [3.63, 3.8) is 0 Å². The first-order valence-electron chi connectivity index (χ1n) is 8.51. The molecule has 5 rings (SSSR count). The van der Waals surface area contributed by atoms with Crippen LogP contribution in [0.4, 0.5) is 5.95 Å². The van der Waals surface area contributed by atoms with E-state index in [2.05, 4.69) is 32.4 Å². The Morgan fingerprint density at radius 2 is 1.84 bits per heavy atom. The fourth-order valence-electron chi connectivity index (χ4n) is 2.98. The van der Waals surface area contributed by atoms with Crippen LogP contribution in [0.5, 0.6) is 0 Å². The molecule has 2 aromatic heterocycles. The van der Waals surface area contributed by atoms with Crippen molar-refractivity contribution in [3.05, 3.63) is 51.5 Å². The summed E-state index contributed by atoms with van der Waals surface area (Å²) in [7, 11) is 0. The summed E-state index contributed by atoms with van der Waals surface area (Å²) < 4.78 is 1.51. The summed E-state index contributed by atoms with van der Waals surface area (Å²) in [6.07, 6.45) is 6.33. The van der Waals surface area contributed by atoms with E-state index in [1.54, 1.807) is 6.20 Å². The van der Waals surface area contributed by atoms with Gasteiger partial charge in [0, 0.05) is 6.04 Å². The highest BCUT2D eigenvalue weighted by Crippen LogP contribution is 2.40. The monoisotopic (exact) mass is 353 g/mol. The third-order valence-electron chi connectivity index (χ3n) is 4.67. The second kappa shape index (κ2) is 5.52. The zero-order valence-corrected chi connectivity index (χ0v) is 14.2. The van der Waals surface area contributed by atoms with Crippen LogP contribution in [0.15, 0.2) is 35.3 Å². The molecule has 0 amide bonds. The molecule has 2 saturated carbocycles. The largest absolute Gasteiger partial charge is 0.351 e. The molecule has 0 spiro atoms. The third-order valence-corrected chi connectivity index (χ3v) is 4.92. The first kappa shape index (κ1) is 14.8. The van der Waals surface area contributed by atoms with Crippen molar-refractivity contribution >= 4 is 28.7 Å². The molecule has 0 unspecified atom stereocenters. The number of nitrogens with one attached hydrogen (secondary N) is 1. The summed E-state index contributed by atoms with van der Waals surface area (Å²) in [4.78, 5) is 25.6. The molecule has 0 bridgehead atoms. The molecule has 2 heterocycles. The Morgan fingerprint density at radius 3 is 2.52 bits per heavy atom. The van der Waals surface area contributed by atoms with Gasteiger partial charge in [-0.2, -0.15) is 4.98 Å². The van der Waals surface area contributed by atoms with E-state index in [0.29, 0.717) is 29.1 Å². The molecule has 6 nitrogen and oxygen atoms in total. The molecule has 0 radical (unpaired) electrons. The maximum Gasteiger partial charge on any atom is 0.294 e. The minimum absolute atomic E-state index is 0.0785. The highest BCUT2D eigenvalue weighted by molar-refractivity contribution is 6.29. The lowest BCUT2D eigenvalue weighted by molar-refractivity contribution is 0.967. The molecule has 2 aliphatic rings. The van der Waals surface area contributed by atoms with E-state index >= 15 is 0 Å². The number of benzene rings is 1. The zero-order valence-electron chi connectivity index (χ0n) is 13.4. The molecular weight excluding hydrogens is 338 g/mol. The Balaban J connectivity index is 1.67. The van der Waals surface area contributed by atoms with Crippen LogP contribution < -0.4 is 10.9 Å². The van der Waals surface area contributed by atoms with Gasteiger partial charge in [-0.25, -0.2) is 9.97 Å². The summed E-state index contributed by atoms with van der Waals surface area (Å²) in [5, 5.41) is 3.18. The molecule has 2 fully saturated rings. The molecular formula is C18H16ClN5O. The molecule has 3 aromatic rings. The summed E-state index contributed by atoms with van der Waals surface area (Å²) in [5.74, 6) is 1.18. The summed E-state index contributed by atoms with van der Waals surface area (Å²) in [6, 6.07) is 8.46. The number of hydrogen-bond acceptors (Lipinski definition) is 5. The van der Waals surface area contributed by atoms with Crippen molar-refractivity contribution in [1.82, 2.24) is 19.5 Å². The van der Waals surface area contributed by atoms with Crippen LogP contribution in [-0.2, 0) is 0 Å². The lowest BCUT2D eigenvalue weighted by Crippen LogP contribution is -2.22. The molecule has 126 valence electrons. The predicted octanol–water partition coefficient (Wildman–Crippen LogP) is 3.28. The number of rotatable bonds is 4. The van der Waals surface area contributed by atoms with E-state index in [1.807, 2.05) is 12.1 Å². The van der Waals surface area contributed by atoms with Crippen molar-refractivity contribution < 1.29 is 0 Å². The van der Waals surface area contributed by atoms with E-state index in [4.69, 9.17) is 11.6 Å². The Labute approximate surface area is 148 Å². The number of halogens is 1. The fourth-order valence-corrected chi connectivity index (χ4v) is 3.16. The molecule has 2 aliphatic carbocycles. The van der Waals surface area contributed by atoms with Crippen molar-refractivity contribution in [2.75, 3.05) is 5.32 Å². The molecule has 0 atom stereocenters. The summed E-state index contributed by atoms with van der Waals surface area (Å²) >= 11 is 6.05. The van der Waals surface area contributed by atoms with Gasteiger partial charge < -0.3 is 5.32 Å². The lowest BCUT2D eigenvalue weighted by Gasteiger charge is -2.11. The van der Waals surface area contributed by atoms with E-state index in [1.165, 1.54) is 23.0 Å². The second-order valence-electron chi connectivity index (χ2n) is 6.73. The van der Waals surface area contributed by atoms with Crippen LogP contribution in [0.25, 0.3) is 16.9 Å². The van der Waals surface area contributed by atoms with Crippen molar-refractivity contribution in [1.29, 1.82) is 0 Å². The van der Waals surface area contributed by atoms with Crippen LogP contribution in [0.2, 0.25) is 5.15 Å². The molecule has 7 heteroatoms. The van der Waals surface area contributed by atoms with Gasteiger partial charge in [0.2, 0.25) is 5.95 Å². The van der Waals surface area contributed by atoms with E-state index in [9.17, 15) is 4.79 Å². The van der Waals surface area contributed by atoms with E-state index in [0.717, 1.165) is 18.5 Å². The van der Waals surface area contributed by atoms with Crippen LogP contribution in [-0.4, -0.2) is 25.6 Å². The van der Waals surface area contributed by atoms with E-state index < -0.39 is 0 Å². The normalized spacial score (nSPS) is 17.0. The Kier molecular flexibility index (Phi) is 3.28. The zero-order chi connectivity index (χ0) is 17.0. The summed E-state index contributed by atoms with van der Waals surface area (Å²) in [6.45, 7) is 0. The van der Waals surface area contributed by atoms with Crippen molar-refractivity contribution in [2.45, 2.75) is 37.6 Å². The molecule has 1 N–H and O–H groups in total. The second-order valence-corrected chi connectivity index (χ2v) is 7.09. The maximum atomic E-state index is 12.6. The van der Waals surface area contributed by atoms with Gasteiger partial charge in [0.1, 0.15) is 5.52 Å². The molecule has 25 heavy (non-hydrogen) atoms. The highest BCUT2D eigenvalue weighted by Gasteiger charge is 2.24. The number of nitrogens with zero attached hydrogens (tertiary/aromatic N) is 4. The van der Waals surface area contributed by atoms with Gasteiger partial charge in [0.25, 0.3) is 5.56 Å². The lowest BCUT2D eigenvalue weighted by atomic mass is 10.1. The van der Waals surface area contributed by atoms with Crippen LogP contribution in [0.1, 0.15) is 37.2 Å². The van der Waals surface area contributed by atoms with Crippen molar-refractivity contribution in [2.24, 2.45) is 0 Å². The van der Waals surface area contributed by atoms with Gasteiger partial charge in [-0.05, 0) is 49.3 Å². The van der Waals surface area contributed by atoms with Crippen LogP contribution in [0, 0.1) is 0 Å². The average molecular weight is 354 g/mol. The van der Waals surface area contributed by atoms with Gasteiger partial charge in [0.05, 0.1) is 11.9 Å². The Morgan fingerprint density at radius 1 is 1.08 bits per heavy atom. The Bertz CT molecular complexity index is 1020. The number of aromatic nitrogens is 4. The topological polar surface area (TPSA) is 72.7 Å². The summed E-state index contributed by atoms with van der Waals surface area (Å²) in [5.41, 5.74) is 2.64. The predicted molar refractivity (Wildman–Crippen MR) is 96.6 cm³/mol. The SMILES string of the molecule is O=c1c(Cl)nc2cnc(NC3CC3)nc2n1-c1ccc(C2CC2)cc1. The maximum absolute atomic E-state index is 12.6. The molecule has 0 aliphatic heterocycles. The standard InChI is InChI=1S/C18H16ClN5O/c19-15-17(25)24(13-7-3-11(4-8-13)10-1-2-10)16-14(22-15)9-20-18(23-16)21-12-5-6-12/h3-4,7-10,12H,1-2,5-6H2,(H,20,21,23). The smallest absolute Gasteiger partial charge is 0.294 e. The average Bonchev–Trinajstić information content (AvgIpc) is 3.51. The molecule has 1 aromatic carbocycles. The Hall–Kier alpha value is -2.47.